The van der Waals surface area contributed by atoms with Crippen LogP contribution in [0, 0.1) is 6.92 Å². The topological polar surface area (TPSA) is 66.9 Å². The molecule has 7 heteroatoms. The number of hydrogen-bond acceptors (Lipinski definition) is 4. The van der Waals surface area contributed by atoms with E-state index in [1.54, 1.807) is 36.4 Å². The molecule has 0 saturated heterocycles. The maximum absolute atomic E-state index is 12.4. The van der Waals surface area contributed by atoms with Gasteiger partial charge < -0.3 is 10.6 Å². The van der Waals surface area contributed by atoms with E-state index in [4.69, 9.17) is 23.2 Å². The fourth-order valence-electron chi connectivity index (χ4n) is 2.07. The van der Waals surface area contributed by atoms with Gasteiger partial charge in [0, 0.05) is 27.6 Å². The third kappa shape index (κ3) is 4.47. The molecular formula is C18H14Cl2N4O. The molecule has 3 aromatic rings. The molecule has 1 aromatic heterocycles. The van der Waals surface area contributed by atoms with Gasteiger partial charge in [-0.05, 0) is 55.0 Å². The van der Waals surface area contributed by atoms with Gasteiger partial charge in [0.25, 0.3) is 5.91 Å². The lowest BCUT2D eigenvalue weighted by Crippen LogP contribution is -2.14. The van der Waals surface area contributed by atoms with Crippen LogP contribution >= 0.6 is 23.2 Å². The number of carbonyl (C=O) groups is 1. The Morgan fingerprint density at radius 1 is 1.00 bits per heavy atom. The molecule has 0 atom stereocenters. The SMILES string of the molecule is Cc1ccc(NC(=O)c2ccnc(Nc3ccc(Cl)cc3)n2)cc1Cl. The molecule has 0 aliphatic rings. The summed E-state index contributed by atoms with van der Waals surface area (Å²) in [5.74, 6) is -0.0293. The van der Waals surface area contributed by atoms with E-state index in [0.717, 1.165) is 11.3 Å². The Labute approximate surface area is 155 Å². The third-order valence-electron chi connectivity index (χ3n) is 3.42. The minimum atomic E-state index is -0.346. The van der Waals surface area contributed by atoms with Gasteiger partial charge in [-0.2, -0.15) is 0 Å². The van der Waals surface area contributed by atoms with Gasteiger partial charge in [0.15, 0.2) is 0 Å². The highest BCUT2D eigenvalue weighted by Crippen LogP contribution is 2.21. The first-order chi connectivity index (χ1) is 12.0. The van der Waals surface area contributed by atoms with Crippen LogP contribution in [-0.2, 0) is 0 Å². The summed E-state index contributed by atoms with van der Waals surface area (Å²) in [7, 11) is 0. The van der Waals surface area contributed by atoms with Gasteiger partial charge in [0.1, 0.15) is 5.69 Å². The van der Waals surface area contributed by atoms with E-state index in [9.17, 15) is 4.79 Å². The second kappa shape index (κ2) is 7.51. The zero-order valence-corrected chi connectivity index (χ0v) is 14.8. The number of nitrogens with one attached hydrogen (secondary N) is 2. The summed E-state index contributed by atoms with van der Waals surface area (Å²) in [4.78, 5) is 20.7. The number of aromatic nitrogens is 2. The number of anilines is 3. The fraction of sp³-hybridized carbons (Fsp3) is 0.0556. The van der Waals surface area contributed by atoms with Crippen LogP contribution in [0.25, 0.3) is 0 Å². The predicted octanol–water partition coefficient (Wildman–Crippen LogP) is 5.09. The Morgan fingerprint density at radius 3 is 2.44 bits per heavy atom. The number of benzene rings is 2. The van der Waals surface area contributed by atoms with Gasteiger partial charge in [-0.15, -0.1) is 0 Å². The molecule has 0 bridgehead atoms. The summed E-state index contributed by atoms with van der Waals surface area (Å²) in [6.07, 6.45) is 1.52. The Bertz CT molecular complexity index is 913. The maximum Gasteiger partial charge on any atom is 0.274 e. The van der Waals surface area contributed by atoms with Crippen LogP contribution in [0.4, 0.5) is 17.3 Å². The second-order valence-electron chi connectivity index (χ2n) is 5.32. The molecule has 1 heterocycles. The highest BCUT2D eigenvalue weighted by atomic mass is 35.5. The van der Waals surface area contributed by atoms with Gasteiger partial charge >= 0.3 is 0 Å². The second-order valence-corrected chi connectivity index (χ2v) is 6.16. The monoisotopic (exact) mass is 372 g/mol. The van der Waals surface area contributed by atoms with Crippen molar-refractivity contribution in [3.05, 3.63) is 76.0 Å². The van der Waals surface area contributed by atoms with Crippen LogP contribution < -0.4 is 10.6 Å². The van der Waals surface area contributed by atoms with Crippen molar-refractivity contribution in [2.75, 3.05) is 10.6 Å². The Morgan fingerprint density at radius 2 is 1.72 bits per heavy atom. The molecule has 5 nitrogen and oxygen atoms in total. The lowest BCUT2D eigenvalue weighted by molar-refractivity contribution is 0.102. The summed E-state index contributed by atoms with van der Waals surface area (Å²) < 4.78 is 0. The van der Waals surface area contributed by atoms with E-state index in [1.807, 2.05) is 13.0 Å². The van der Waals surface area contributed by atoms with Gasteiger partial charge in [0.2, 0.25) is 5.95 Å². The Kier molecular flexibility index (Phi) is 5.16. The first-order valence-corrected chi connectivity index (χ1v) is 8.20. The standard InChI is InChI=1S/C18H14Cl2N4O/c1-11-2-5-14(10-15(11)20)22-17(25)16-8-9-21-18(24-16)23-13-6-3-12(19)4-7-13/h2-10H,1H3,(H,22,25)(H,21,23,24). The summed E-state index contributed by atoms with van der Waals surface area (Å²) >= 11 is 11.9. The van der Waals surface area contributed by atoms with Crippen LogP contribution in [0.5, 0.6) is 0 Å². The summed E-state index contributed by atoms with van der Waals surface area (Å²) in [6, 6.07) is 14.0. The number of halogens is 2. The predicted molar refractivity (Wildman–Crippen MR) is 101 cm³/mol. The lowest BCUT2D eigenvalue weighted by Gasteiger charge is -2.08. The zero-order chi connectivity index (χ0) is 17.8. The van der Waals surface area contributed by atoms with Gasteiger partial charge in [0.05, 0.1) is 0 Å². The summed E-state index contributed by atoms with van der Waals surface area (Å²) in [6.45, 7) is 1.90. The van der Waals surface area contributed by atoms with E-state index < -0.39 is 0 Å². The van der Waals surface area contributed by atoms with Crippen LogP contribution in [0.1, 0.15) is 16.1 Å². The molecule has 0 unspecified atom stereocenters. The van der Waals surface area contributed by atoms with E-state index in [1.165, 1.54) is 12.3 Å². The number of hydrogen-bond donors (Lipinski definition) is 2. The minimum Gasteiger partial charge on any atom is -0.324 e. The van der Waals surface area contributed by atoms with Crippen molar-refractivity contribution < 1.29 is 4.79 Å². The maximum atomic E-state index is 12.4. The Hall–Kier alpha value is -2.63. The van der Waals surface area contributed by atoms with Crippen molar-refractivity contribution in [1.82, 2.24) is 9.97 Å². The van der Waals surface area contributed by atoms with Crippen LogP contribution in [0.15, 0.2) is 54.7 Å². The molecule has 0 fully saturated rings. The molecule has 2 aromatic carbocycles. The fourth-order valence-corrected chi connectivity index (χ4v) is 2.38. The molecule has 126 valence electrons. The largest absolute Gasteiger partial charge is 0.324 e. The molecule has 25 heavy (non-hydrogen) atoms. The van der Waals surface area contributed by atoms with Crippen molar-refractivity contribution >= 4 is 46.4 Å². The summed E-state index contributed by atoms with van der Waals surface area (Å²) in [5.41, 5.74) is 2.55. The molecule has 0 spiro atoms. The quantitative estimate of drug-likeness (QED) is 0.669. The molecular weight excluding hydrogens is 359 g/mol. The zero-order valence-electron chi connectivity index (χ0n) is 13.3. The van der Waals surface area contributed by atoms with E-state index in [2.05, 4.69) is 20.6 Å². The highest BCUT2D eigenvalue weighted by molar-refractivity contribution is 6.31. The smallest absolute Gasteiger partial charge is 0.274 e. The Balaban J connectivity index is 1.74. The number of carbonyl (C=O) groups excluding carboxylic acids is 1. The average Bonchev–Trinajstić information content (AvgIpc) is 2.60. The molecule has 3 rings (SSSR count). The highest BCUT2D eigenvalue weighted by Gasteiger charge is 2.10. The number of rotatable bonds is 4. The lowest BCUT2D eigenvalue weighted by atomic mass is 10.2. The molecule has 1 amide bonds. The van der Waals surface area contributed by atoms with Crippen molar-refractivity contribution in [2.45, 2.75) is 6.92 Å². The van der Waals surface area contributed by atoms with Crippen LogP contribution in [-0.4, -0.2) is 15.9 Å². The van der Waals surface area contributed by atoms with E-state index in [0.29, 0.717) is 21.7 Å². The van der Waals surface area contributed by atoms with E-state index in [-0.39, 0.29) is 11.6 Å². The van der Waals surface area contributed by atoms with Crippen molar-refractivity contribution in [3.8, 4) is 0 Å². The van der Waals surface area contributed by atoms with E-state index >= 15 is 0 Å². The number of nitrogens with zero attached hydrogens (tertiary/aromatic N) is 2. The van der Waals surface area contributed by atoms with Crippen molar-refractivity contribution in [1.29, 1.82) is 0 Å². The minimum absolute atomic E-state index is 0.239. The van der Waals surface area contributed by atoms with Crippen LogP contribution in [0.2, 0.25) is 10.0 Å². The van der Waals surface area contributed by atoms with Crippen molar-refractivity contribution in [2.24, 2.45) is 0 Å². The first-order valence-electron chi connectivity index (χ1n) is 7.44. The van der Waals surface area contributed by atoms with Crippen LogP contribution in [0.3, 0.4) is 0 Å². The molecule has 0 aliphatic carbocycles. The molecule has 2 N–H and O–H groups in total. The summed E-state index contributed by atoms with van der Waals surface area (Å²) in [5, 5.41) is 7.01. The normalized spacial score (nSPS) is 10.4. The number of aryl methyl sites for hydroxylation is 1. The number of amides is 1. The first kappa shape index (κ1) is 17.2. The molecule has 0 saturated carbocycles. The average molecular weight is 373 g/mol. The third-order valence-corrected chi connectivity index (χ3v) is 4.08. The van der Waals surface area contributed by atoms with Gasteiger partial charge in [-0.25, -0.2) is 9.97 Å². The molecule has 0 aliphatic heterocycles. The van der Waals surface area contributed by atoms with Crippen molar-refractivity contribution in [3.63, 3.8) is 0 Å². The van der Waals surface area contributed by atoms with Gasteiger partial charge in [-0.3, -0.25) is 4.79 Å². The van der Waals surface area contributed by atoms with Gasteiger partial charge in [-0.1, -0.05) is 29.3 Å². The molecule has 0 radical (unpaired) electrons.